The van der Waals surface area contributed by atoms with Crippen LogP contribution in [0.2, 0.25) is 0 Å². The van der Waals surface area contributed by atoms with Crippen molar-refractivity contribution in [2.75, 3.05) is 26.4 Å². The first kappa shape index (κ1) is 78.2. The minimum atomic E-state index is -1.99. The molecule has 0 aromatic heterocycles. The molecule has 17 atom stereocenters. The standard InChI is InChI=1S/C69H111NO18/c1-3-5-7-9-11-13-15-17-18-19-20-21-22-23-24-25-26-27-28-29-30-31-32-33-34-35-37-39-41-43-45-47-57(75)70-52(53(74)46-44-42-40-38-36-16-14-12-10-8-6-4-2)51-83-67-63(81)60(78)65(55(49-72)85-67)88-69-64(82)61(79)66(56(50-73)86-69)87-68-62(80)59(77)58(76)54(48-71)84-68/h5,7,11,13,17-18,20-21,23-24,26-27,29-30,32-33,35-38,44,46,52-56,58-69,71-74,76-82H,3-4,6,8-10,12,14-16,19,22,25,28,31,34,39-43,45,47-51H2,1-2H3,(H,70,75)/b7-5-,13-11-,18-17-,21-20-,24-23-,27-26-,30-29-,33-32-,37-35-,38-36+,46-44+. The van der Waals surface area contributed by atoms with E-state index in [2.05, 4.69) is 141 Å². The van der Waals surface area contributed by atoms with Crippen LogP contribution in [0.25, 0.3) is 0 Å². The first-order chi connectivity index (χ1) is 42.8. The molecule has 0 aromatic rings. The number of aliphatic hydroxyl groups is 11. The van der Waals surface area contributed by atoms with Crippen LogP contribution in [0.15, 0.2) is 134 Å². The number of rotatable bonds is 46. The Hall–Kier alpha value is -4.07. The topological polar surface area (TPSA) is 307 Å². The van der Waals surface area contributed by atoms with E-state index in [0.717, 1.165) is 96.3 Å². The number of carbonyl (C=O) groups is 1. The Morgan fingerprint density at radius 2 is 0.795 bits per heavy atom. The quantitative estimate of drug-likeness (QED) is 0.0208. The molecule has 12 N–H and O–H groups in total. The van der Waals surface area contributed by atoms with E-state index in [9.17, 15) is 61.0 Å². The van der Waals surface area contributed by atoms with Gasteiger partial charge in [-0.1, -0.05) is 186 Å². The summed E-state index contributed by atoms with van der Waals surface area (Å²) in [6.07, 6.45) is 41.5. The maximum absolute atomic E-state index is 13.3. The zero-order chi connectivity index (χ0) is 64.0. The van der Waals surface area contributed by atoms with Crippen LogP contribution in [0.3, 0.4) is 0 Å². The second kappa shape index (κ2) is 49.6. The maximum atomic E-state index is 13.3. The number of ether oxygens (including phenoxy) is 6. The summed E-state index contributed by atoms with van der Waals surface area (Å²) >= 11 is 0. The molecular formula is C69H111NO18. The Balaban J connectivity index is 1.44. The van der Waals surface area contributed by atoms with Crippen molar-refractivity contribution < 1.29 is 89.4 Å². The lowest BCUT2D eigenvalue weighted by molar-refractivity contribution is -0.379. The predicted molar refractivity (Wildman–Crippen MR) is 341 cm³/mol. The van der Waals surface area contributed by atoms with Crippen molar-refractivity contribution in [1.82, 2.24) is 5.32 Å². The van der Waals surface area contributed by atoms with E-state index >= 15 is 0 Å². The molecule has 3 rings (SSSR count). The van der Waals surface area contributed by atoms with Crippen molar-refractivity contribution in [2.24, 2.45) is 0 Å². The fourth-order valence-electron chi connectivity index (χ4n) is 9.90. The van der Waals surface area contributed by atoms with Gasteiger partial charge in [-0.05, 0) is 103 Å². The molecule has 0 bridgehead atoms. The van der Waals surface area contributed by atoms with E-state index in [0.29, 0.717) is 12.8 Å². The summed E-state index contributed by atoms with van der Waals surface area (Å²) in [5, 5.41) is 120. The fourth-order valence-corrected chi connectivity index (χ4v) is 9.90. The van der Waals surface area contributed by atoms with Gasteiger partial charge < -0.3 is 89.9 Å². The van der Waals surface area contributed by atoms with Gasteiger partial charge in [-0.2, -0.15) is 0 Å². The van der Waals surface area contributed by atoms with Gasteiger partial charge in [0.25, 0.3) is 0 Å². The normalized spacial score (nSPS) is 29.3. The Bertz CT molecular complexity index is 2120. The molecule has 500 valence electrons. The summed E-state index contributed by atoms with van der Waals surface area (Å²) in [6.45, 7) is 1.50. The molecular weight excluding hydrogens is 1130 g/mol. The number of hydrogen-bond donors (Lipinski definition) is 12. The third kappa shape index (κ3) is 31.8. The second-order valence-corrected chi connectivity index (χ2v) is 22.5. The van der Waals surface area contributed by atoms with E-state index in [-0.39, 0.29) is 12.3 Å². The number of allylic oxidation sites excluding steroid dienone is 21. The van der Waals surface area contributed by atoms with Gasteiger partial charge in [0, 0.05) is 6.42 Å². The molecule has 3 saturated heterocycles. The molecule has 3 heterocycles. The summed E-state index contributed by atoms with van der Waals surface area (Å²) in [5.74, 6) is -0.326. The number of aliphatic hydroxyl groups excluding tert-OH is 11. The van der Waals surface area contributed by atoms with Crippen molar-refractivity contribution in [1.29, 1.82) is 0 Å². The van der Waals surface area contributed by atoms with E-state index in [1.54, 1.807) is 6.08 Å². The summed E-state index contributed by atoms with van der Waals surface area (Å²) in [7, 11) is 0. The molecule has 19 nitrogen and oxygen atoms in total. The average molecular weight is 1240 g/mol. The smallest absolute Gasteiger partial charge is 0.220 e. The van der Waals surface area contributed by atoms with Crippen LogP contribution in [0.1, 0.15) is 162 Å². The number of hydrogen-bond acceptors (Lipinski definition) is 18. The Kier molecular flexibility index (Phi) is 44.1. The Morgan fingerprint density at radius 3 is 1.27 bits per heavy atom. The van der Waals surface area contributed by atoms with Crippen LogP contribution in [-0.2, 0) is 33.2 Å². The highest BCUT2D eigenvalue weighted by molar-refractivity contribution is 5.76. The minimum absolute atomic E-state index is 0.185. The number of amides is 1. The van der Waals surface area contributed by atoms with Gasteiger partial charge in [-0.25, -0.2) is 0 Å². The zero-order valence-corrected chi connectivity index (χ0v) is 52.4. The molecule has 88 heavy (non-hydrogen) atoms. The number of nitrogens with one attached hydrogen (secondary N) is 1. The van der Waals surface area contributed by atoms with Gasteiger partial charge in [-0.3, -0.25) is 4.79 Å². The van der Waals surface area contributed by atoms with Gasteiger partial charge in [0.1, 0.15) is 73.2 Å². The fraction of sp³-hybridized carbons (Fsp3) is 0.667. The third-order valence-corrected chi connectivity index (χ3v) is 15.2. The molecule has 0 spiro atoms. The molecule has 17 unspecified atom stereocenters. The molecule has 19 heteroatoms. The lowest BCUT2D eigenvalue weighted by Gasteiger charge is -2.48. The van der Waals surface area contributed by atoms with Crippen molar-refractivity contribution in [3.05, 3.63) is 134 Å². The van der Waals surface area contributed by atoms with Gasteiger partial charge in [0.05, 0.1) is 38.6 Å². The highest BCUT2D eigenvalue weighted by atomic mass is 16.8. The Labute approximate surface area is 524 Å². The molecule has 3 aliphatic heterocycles. The summed E-state index contributed by atoms with van der Waals surface area (Å²) in [4.78, 5) is 13.3. The maximum Gasteiger partial charge on any atom is 0.220 e. The summed E-state index contributed by atoms with van der Waals surface area (Å²) in [6, 6.07) is -1.02. The van der Waals surface area contributed by atoms with Crippen LogP contribution in [0, 0.1) is 0 Å². The molecule has 3 aliphatic rings. The first-order valence-corrected chi connectivity index (χ1v) is 32.4. The van der Waals surface area contributed by atoms with E-state index < -0.39 is 131 Å². The van der Waals surface area contributed by atoms with Crippen molar-refractivity contribution in [3.8, 4) is 0 Å². The lowest BCUT2D eigenvalue weighted by atomic mass is 9.96. The van der Waals surface area contributed by atoms with E-state index in [1.807, 2.05) is 6.08 Å². The van der Waals surface area contributed by atoms with Crippen molar-refractivity contribution >= 4 is 5.91 Å². The summed E-state index contributed by atoms with van der Waals surface area (Å²) in [5.41, 5.74) is 0. The van der Waals surface area contributed by atoms with Crippen LogP contribution in [0.4, 0.5) is 0 Å². The summed E-state index contributed by atoms with van der Waals surface area (Å²) < 4.78 is 34.2. The highest BCUT2D eigenvalue weighted by Gasteiger charge is 2.53. The molecule has 0 radical (unpaired) electrons. The van der Waals surface area contributed by atoms with Gasteiger partial charge >= 0.3 is 0 Å². The highest BCUT2D eigenvalue weighted by Crippen LogP contribution is 2.33. The monoisotopic (exact) mass is 1240 g/mol. The van der Waals surface area contributed by atoms with Gasteiger partial charge in [-0.15, -0.1) is 0 Å². The molecule has 1 amide bonds. The number of unbranched alkanes of at least 4 members (excludes halogenated alkanes) is 10. The molecule has 0 aromatic carbocycles. The van der Waals surface area contributed by atoms with Crippen molar-refractivity contribution in [2.45, 2.75) is 266 Å². The van der Waals surface area contributed by atoms with E-state index in [1.165, 1.54) is 32.1 Å². The predicted octanol–water partition coefficient (Wildman–Crippen LogP) is 7.43. The van der Waals surface area contributed by atoms with Gasteiger partial charge in [0.2, 0.25) is 5.91 Å². The molecule has 3 fully saturated rings. The zero-order valence-electron chi connectivity index (χ0n) is 52.4. The van der Waals surface area contributed by atoms with Crippen LogP contribution in [0.5, 0.6) is 0 Å². The second-order valence-electron chi connectivity index (χ2n) is 22.5. The SMILES string of the molecule is CC/C=C\C/C=C\C/C=C\C/C=C\C/C=C\C/C=C\C/C=C\C/C=C\C/C=C\CCCCCC(=O)NC(COC1OC(CO)C(OC2OC(CO)C(OC3OC(CO)C(O)C(O)C3O)C(O)C2O)C(O)C1O)C(O)/C=C/CC/C=C/CCCCCCCC. The average Bonchev–Trinajstić information content (AvgIpc) is 1.54. The largest absolute Gasteiger partial charge is 0.394 e. The van der Waals surface area contributed by atoms with Crippen LogP contribution < -0.4 is 5.32 Å². The van der Waals surface area contributed by atoms with E-state index in [4.69, 9.17) is 28.4 Å². The van der Waals surface area contributed by atoms with Gasteiger partial charge in [0.15, 0.2) is 18.9 Å². The first-order valence-electron chi connectivity index (χ1n) is 32.4. The van der Waals surface area contributed by atoms with Crippen LogP contribution in [-0.4, -0.2) is 193 Å². The molecule has 0 saturated carbocycles. The van der Waals surface area contributed by atoms with Crippen LogP contribution >= 0.6 is 0 Å². The minimum Gasteiger partial charge on any atom is -0.394 e. The Morgan fingerprint density at radius 1 is 0.420 bits per heavy atom. The lowest BCUT2D eigenvalue weighted by Crippen LogP contribution is -2.66. The third-order valence-electron chi connectivity index (χ3n) is 15.2. The molecule has 0 aliphatic carbocycles. The number of carbonyl (C=O) groups excluding carboxylic acids is 1. The van der Waals surface area contributed by atoms with Crippen molar-refractivity contribution in [3.63, 3.8) is 0 Å².